The van der Waals surface area contributed by atoms with Crippen LogP contribution >= 0.6 is 15.9 Å². The summed E-state index contributed by atoms with van der Waals surface area (Å²) in [6.07, 6.45) is 5.87. The maximum atomic E-state index is 14.2. The molecule has 0 bridgehead atoms. The summed E-state index contributed by atoms with van der Waals surface area (Å²) in [4.78, 5) is 19.2. The first-order chi connectivity index (χ1) is 16.8. The van der Waals surface area contributed by atoms with Crippen LogP contribution in [-0.4, -0.2) is 36.0 Å². The van der Waals surface area contributed by atoms with E-state index >= 15 is 0 Å². The second-order valence-corrected chi connectivity index (χ2v) is 9.08. The highest BCUT2D eigenvalue weighted by Crippen LogP contribution is 2.33. The molecule has 184 valence electrons. The number of hydrogen-bond donors (Lipinski definition) is 4. The van der Waals surface area contributed by atoms with Gasteiger partial charge >= 0.3 is 0 Å². The first-order valence-corrected chi connectivity index (χ1v) is 11.9. The number of nitroso groups, excluding NO2 is 1. The molecule has 2 aromatic rings. The second-order valence-electron chi connectivity index (χ2n) is 8.16. The minimum atomic E-state index is -0.713. The molecule has 0 saturated heterocycles. The second kappa shape index (κ2) is 12.3. The van der Waals surface area contributed by atoms with Gasteiger partial charge in [-0.25, -0.2) is 14.4 Å². The van der Waals surface area contributed by atoms with Crippen LogP contribution in [0.2, 0.25) is 0 Å². The molecule has 1 heterocycles. The van der Waals surface area contributed by atoms with Crippen LogP contribution in [0.4, 0.5) is 10.2 Å². The Morgan fingerprint density at radius 2 is 2.17 bits per heavy atom. The van der Waals surface area contributed by atoms with Gasteiger partial charge in [0.05, 0.1) is 0 Å². The summed E-state index contributed by atoms with van der Waals surface area (Å²) in [7, 11) is 0. The average Bonchev–Trinajstić information content (AvgIpc) is 3.65. The molecule has 0 unspecified atom stereocenters. The number of nitrogens with zero attached hydrogens (tertiary/aromatic N) is 3. The molecular formula is C24H27BrFN7O2. The van der Waals surface area contributed by atoms with E-state index in [1.54, 1.807) is 26.0 Å². The first kappa shape index (κ1) is 26.1. The molecular weight excluding hydrogens is 517 g/mol. The highest BCUT2D eigenvalue weighted by molar-refractivity contribution is 9.10. The molecule has 11 heteroatoms. The average molecular weight is 544 g/mol. The van der Waals surface area contributed by atoms with Crippen molar-refractivity contribution in [1.29, 1.82) is 10.8 Å². The predicted molar refractivity (Wildman–Crippen MR) is 138 cm³/mol. The number of aliphatic imine (C=N–C) groups is 1. The van der Waals surface area contributed by atoms with Crippen molar-refractivity contribution in [2.75, 3.05) is 13.1 Å². The van der Waals surface area contributed by atoms with Crippen LogP contribution in [0.25, 0.3) is 0 Å². The van der Waals surface area contributed by atoms with Crippen molar-refractivity contribution < 1.29 is 9.13 Å². The zero-order valence-corrected chi connectivity index (χ0v) is 21.0. The number of pyridine rings is 1. The van der Waals surface area contributed by atoms with Gasteiger partial charge in [-0.3, -0.25) is 5.41 Å². The monoisotopic (exact) mass is 543 g/mol. The van der Waals surface area contributed by atoms with Crippen LogP contribution in [0, 0.1) is 27.5 Å². The molecule has 9 nitrogen and oxygen atoms in total. The van der Waals surface area contributed by atoms with E-state index in [1.807, 2.05) is 6.20 Å². The van der Waals surface area contributed by atoms with Gasteiger partial charge in [-0.05, 0) is 78.0 Å². The SMILES string of the molecule is CC(=N)/C(=C\NCC1CC1)CN/C(=N\C=N)c1ccc(F)cc1[C@@H](C)Oc1cc(Br)cnc1N=O. The van der Waals surface area contributed by atoms with Crippen LogP contribution in [0.1, 0.15) is 43.9 Å². The van der Waals surface area contributed by atoms with Crippen LogP contribution in [-0.2, 0) is 0 Å². The van der Waals surface area contributed by atoms with Gasteiger partial charge in [0.15, 0.2) is 5.75 Å². The maximum Gasteiger partial charge on any atom is 0.239 e. The van der Waals surface area contributed by atoms with Gasteiger partial charge < -0.3 is 20.8 Å². The molecule has 1 aliphatic rings. The van der Waals surface area contributed by atoms with Gasteiger partial charge in [-0.1, -0.05) is 0 Å². The Kier molecular flexibility index (Phi) is 9.18. The van der Waals surface area contributed by atoms with Gasteiger partial charge in [0.1, 0.15) is 24.1 Å². The Bertz CT molecular complexity index is 1160. The molecule has 1 atom stereocenters. The highest BCUT2D eigenvalue weighted by Gasteiger charge is 2.21. The Balaban J connectivity index is 1.85. The van der Waals surface area contributed by atoms with Crippen molar-refractivity contribution >= 4 is 39.6 Å². The van der Waals surface area contributed by atoms with Crippen LogP contribution in [0.5, 0.6) is 5.75 Å². The topological polar surface area (TPSA) is 136 Å². The molecule has 3 rings (SSSR count). The Morgan fingerprint density at radius 1 is 1.40 bits per heavy atom. The lowest BCUT2D eigenvalue weighted by Gasteiger charge is -2.20. The van der Waals surface area contributed by atoms with Crippen molar-refractivity contribution in [3.05, 3.63) is 68.6 Å². The molecule has 0 radical (unpaired) electrons. The molecule has 35 heavy (non-hydrogen) atoms. The Hall–Kier alpha value is -3.47. The molecule has 1 aromatic heterocycles. The number of rotatable bonds is 12. The quantitative estimate of drug-likeness (QED) is 0.162. The maximum absolute atomic E-state index is 14.2. The van der Waals surface area contributed by atoms with E-state index in [-0.39, 0.29) is 18.1 Å². The Morgan fingerprint density at radius 3 is 2.83 bits per heavy atom. The van der Waals surface area contributed by atoms with Crippen molar-refractivity contribution in [1.82, 2.24) is 15.6 Å². The van der Waals surface area contributed by atoms with E-state index < -0.39 is 11.9 Å². The summed E-state index contributed by atoms with van der Waals surface area (Å²) in [5.41, 5.74) is 2.08. The van der Waals surface area contributed by atoms with Crippen LogP contribution in [0.3, 0.4) is 0 Å². The standard InChI is InChI=1S/C24H27BrFN7O2/c1-14(28)17(10-29-9-16-3-4-16)11-30-23(32-13-27)20-6-5-19(26)8-21(20)15(2)35-22-7-18(25)12-31-24(22)33-34/h5-8,10,12-13,15-16,28-29H,3-4,9,11H2,1-2H3,(H2,27,30,32)/b17-10-,28-14?/t15-/m1/s1. The van der Waals surface area contributed by atoms with Gasteiger partial charge in [0.25, 0.3) is 0 Å². The summed E-state index contributed by atoms with van der Waals surface area (Å²) in [5, 5.41) is 24.9. The lowest BCUT2D eigenvalue weighted by atomic mass is 10.0. The van der Waals surface area contributed by atoms with Gasteiger partial charge in [-0.15, -0.1) is 4.91 Å². The van der Waals surface area contributed by atoms with E-state index in [1.165, 1.54) is 31.2 Å². The molecule has 1 aliphatic carbocycles. The summed E-state index contributed by atoms with van der Waals surface area (Å²) in [6.45, 7) is 4.55. The van der Waals surface area contributed by atoms with Crippen LogP contribution in [0.15, 0.2) is 56.9 Å². The van der Waals surface area contributed by atoms with Crippen molar-refractivity contribution in [3.8, 4) is 5.75 Å². The number of benzene rings is 1. The largest absolute Gasteiger partial charge is 0.482 e. The lowest BCUT2D eigenvalue weighted by Crippen LogP contribution is -2.30. The third kappa shape index (κ3) is 7.51. The molecule has 0 spiro atoms. The van der Waals surface area contributed by atoms with E-state index in [0.29, 0.717) is 33.1 Å². The summed E-state index contributed by atoms with van der Waals surface area (Å²) in [6, 6.07) is 5.71. The van der Waals surface area contributed by atoms with E-state index in [0.717, 1.165) is 18.5 Å². The number of ether oxygens (including phenoxy) is 1. The lowest BCUT2D eigenvalue weighted by molar-refractivity contribution is 0.226. The summed E-state index contributed by atoms with van der Waals surface area (Å²) in [5.74, 6) is 0.553. The Labute approximate surface area is 211 Å². The van der Waals surface area contributed by atoms with E-state index in [4.69, 9.17) is 15.6 Å². The van der Waals surface area contributed by atoms with Crippen molar-refractivity contribution in [2.24, 2.45) is 16.1 Å². The molecule has 1 saturated carbocycles. The minimum Gasteiger partial charge on any atom is -0.482 e. The third-order valence-electron chi connectivity index (χ3n) is 5.40. The molecule has 0 amide bonds. The predicted octanol–water partition coefficient (Wildman–Crippen LogP) is 5.39. The fourth-order valence-corrected chi connectivity index (χ4v) is 3.64. The molecule has 0 aliphatic heterocycles. The van der Waals surface area contributed by atoms with E-state index in [9.17, 15) is 9.30 Å². The van der Waals surface area contributed by atoms with Gasteiger partial charge in [0.2, 0.25) is 5.82 Å². The number of halogens is 2. The molecule has 4 N–H and O–H groups in total. The highest BCUT2D eigenvalue weighted by atomic mass is 79.9. The van der Waals surface area contributed by atoms with Gasteiger partial charge in [-0.2, -0.15) is 0 Å². The fraction of sp³-hybridized carbons (Fsp3) is 0.333. The van der Waals surface area contributed by atoms with Crippen molar-refractivity contribution in [2.45, 2.75) is 32.8 Å². The summed E-state index contributed by atoms with van der Waals surface area (Å²) < 4.78 is 20.8. The number of amidine groups is 1. The first-order valence-electron chi connectivity index (χ1n) is 11.1. The molecule has 1 fully saturated rings. The van der Waals surface area contributed by atoms with Gasteiger partial charge in [0, 0.05) is 52.4 Å². The fourth-order valence-electron chi connectivity index (χ4n) is 3.32. The molecule has 1 aromatic carbocycles. The number of aromatic nitrogens is 1. The smallest absolute Gasteiger partial charge is 0.239 e. The van der Waals surface area contributed by atoms with Crippen LogP contribution < -0.4 is 15.4 Å². The number of hydrogen-bond acceptors (Lipinski definition) is 7. The minimum absolute atomic E-state index is 0.126. The number of nitrogens with one attached hydrogen (secondary N) is 4. The third-order valence-corrected chi connectivity index (χ3v) is 5.83. The normalized spacial score (nSPS) is 14.7. The summed E-state index contributed by atoms with van der Waals surface area (Å²) >= 11 is 3.29. The van der Waals surface area contributed by atoms with Crippen molar-refractivity contribution in [3.63, 3.8) is 0 Å². The zero-order valence-electron chi connectivity index (χ0n) is 19.4. The van der Waals surface area contributed by atoms with E-state index in [2.05, 4.69) is 41.7 Å². The zero-order chi connectivity index (χ0) is 25.4.